The van der Waals surface area contributed by atoms with Crippen LogP contribution in [0.2, 0.25) is 0 Å². The quantitative estimate of drug-likeness (QED) is 0.673. The molecule has 6 nitrogen and oxygen atoms in total. The number of benzene rings is 2. The van der Waals surface area contributed by atoms with Crippen molar-refractivity contribution >= 4 is 16.8 Å². The lowest BCUT2D eigenvalue weighted by molar-refractivity contribution is -0.121. The number of aryl methyl sites for hydroxylation is 1. The summed E-state index contributed by atoms with van der Waals surface area (Å²) in [6.07, 6.45) is 1.79. The van der Waals surface area contributed by atoms with E-state index >= 15 is 0 Å². The van der Waals surface area contributed by atoms with Crippen molar-refractivity contribution in [2.45, 2.75) is 38.8 Å². The predicted molar refractivity (Wildman–Crippen MR) is 106 cm³/mol. The van der Waals surface area contributed by atoms with Gasteiger partial charge in [-0.3, -0.25) is 14.2 Å². The third-order valence-corrected chi connectivity index (χ3v) is 4.57. The summed E-state index contributed by atoms with van der Waals surface area (Å²) in [5.74, 6) is -0.171. The van der Waals surface area contributed by atoms with Crippen LogP contribution in [0.1, 0.15) is 25.3 Å². The summed E-state index contributed by atoms with van der Waals surface area (Å²) in [7, 11) is 0. The predicted octanol–water partition coefficient (Wildman–Crippen LogP) is 2.22. The highest BCUT2D eigenvalue weighted by molar-refractivity contribution is 5.77. The number of para-hydroxylation sites is 1. The van der Waals surface area contributed by atoms with Crippen LogP contribution < -0.4 is 16.6 Å². The zero-order valence-electron chi connectivity index (χ0n) is 15.3. The van der Waals surface area contributed by atoms with E-state index in [1.54, 1.807) is 24.3 Å². The maximum Gasteiger partial charge on any atom is 0.328 e. The number of fused-ring (bicyclic) bond motifs is 1. The number of carbonyl (C=O) groups is 1. The molecule has 1 amide bonds. The Bertz CT molecular complexity index is 1040. The van der Waals surface area contributed by atoms with Crippen molar-refractivity contribution in [2.24, 2.45) is 0 Å². The van der Waals surface area contributed by atoms with Crippen LogP contribution >= 0.6 is 0 Å². The molecule has 1 aromatic heterocycles. The lowest BCUT2D eigenvalue weighted by atomic mass is 10.1. The number of H-pyrrole nitrogens is 1. The first kappa shape index (κ1) is 18.6. The van der Waals surface area contributed by atoms with E-state index in [2.05, 4.69) is 22.4 Å². The van der Waals surface area contributed by atoms with Crippen LogP contribution in [-0.2, 0) is 17.8 Å². The number of nitrogens with one attached hydrogen (secondary N) is 2. The minimum Gasteiger partial charge on any atom is -0.354 e. The van der Waals surface area contributed by atoms with Gasteiger partial charge in [0.05, 0.1) is 10.9 Å². The fourth-order valence-electron chi connectivity index (χ4n) is 3.06. The number of hydrogen-bond acceptors (Lipinski definition) is 3. The van der Waals surface area contributed by atoms with E-state index in [0.717, 1.165) is 17.4 Å². The third kappa shape index (κ3) is 4.73. The van der Waals surface area contributed by atoms with Crippen molar-refractivity contribution in [3.8, 4) is 0 Å². The number of amides is 1. The first-order chi connectivity index (χ1) is 13.0. The summed E-state index contributed by atoms with van der Waals surface area (Å²) in [6, 6.07) is 17.0. The van der Waals surface area contributed by atoms with E-state index in [1.807, 2.05) is 25.1 Å². The average Bonchev–Trinajstić information content (AvgIpc) is 2.67. The molecule has 0 spiro atoms. The molecule has 140 valence electrons. The van der Waals surface area contributed by atoms with Gasteiger partial charge in [0.2, 0.25) is 5.91 Å². The van der Waals surface area contributed by atoms with Gasteiger partial charge >= 0.3 is 5.69 Å². The maximum absolute atomic E-state index is 12.5. The molecule has 0 radical (unpaired) electrons. The molecular formula is C21H23N3O3. The number of aromatic amines is 1. The van der Waals surface area contributed by atoms with Crippen molar-refractivity contribution in [1.29, 1.82) is 0 Å². The largest absolute Gasteiger partial charge is 0.354 e. The van der Waals surface area contributed by atoms with Crippen molar-refractivity contribution < 1.29 is 4.79 Å². The zero-order valence-corrected chi connectivity index (χ0v) is 15.3. The SMILES string of the molecule is CC(CCc1ccccc1)NC(=O)CCn1c(=O)[nH]c2ccccc2c1=O. The Morgan fingerprint density at radius 2 is 1.78 bits per heavy atom. The van der Waals surface area contributed by atoms with Crippen LogP contribution in [-0.4, -0.2) is 21.5 Å². The minimum atomic E-state index is -0.497. The molecule has 0 aliphatic heterocycles. The molecule has 3 rings (SSSR count). The van der Waals surface area contributed by atoms with Crippen LogP contribution in [0.15, 0.2) is 64.2 Å². The Balaban J connectivity index is 1.57. The molecule has 1 atom stereocenters. The van der Waals surface area contributed by atoms with E-state index in [0.29, 0.717) is 10.9 Å². The molecule has 2 N–H and O–H groups in total. The van der Waals surface area contributed by atoms with Gasteiger partial charge in [-0.1, -0.05) is 42.5 Å². The van der Waals surface area contributed by atoms with Crippen LogP contribution in [0.25, 0.3) is 10.9 Å². The van der Waals surface area contributed by atoms with Gasteiger partial charge in [0, 0.05) is 19.0 Å². The van der Waals surface area contributed by atoms with Gasteiger partial charge in [0.1, 0.15) is 0 Å². The molecule has 0 saturated carbocycles. The van der Waals surface area contributed by atoms with Crippen molar-refractivity contribution in [3.05, 3.63) is 81.0 Å². The van der Waals surface area contributed by atoms with Gasteiger partial charge in [-0.2, -0.15) is 0 Å². The highest BCUT2D eigenvalue weighted by Gasteiger charge is 2.11. The molecule has 0 saturated heterocycles. The molecule has 0 aliphatic carbocycles. The van der Waals surface area contributed by atoms with Crippen LogP contribution in [0.3, 0.4) is 0 Å². The fraction of sp³-hybridized carbons (Fsp3) is 0.286. The number of aromatic nitrogens is 2. The summed E-state index contributed by atoms with van der Waals surface area (Å²) < 4.78 is 1.08. The summed E-state index contributed by atoms with van der Waals surface area (Å²) >= 11 is 0. The summed E-state index contributed by atoms with van der Waals surface area (Å²) in [5, 5.41) is 3.37. The van der Waals surface area contributed by atoms with Gasteiger partial charge in [0.25, 0.3) is 5.56 Å². The number of nitrogens with zero attached hydrogens (tertiary/aromatic N) is 1. The topological polar surface area (TPSA) is 84.0 Å². The Morgan fingerprint density at radius 3 is 2.56 bits per heavy atom. The highest BCUT2D eigenvalue weighted by atomic mass is 16.2. The molecule has 2 aromatic carbocycles. The fourth-order valence-corrected chi connectivity index (χ4v) is 3.06. The Kier molecular flexibility index (Phi) is 5.86. The second-order valence-corrected chi connectivity index (χ2v) is 6.68. The van der Waals surface area contributed by atoms with Crippen molar-refractivity contribution in [1.82, 2.24) is 14.9 Å². The van der Waals surface area contributed by atoms with Gasteiger partial charge in [-0.05, 0) is 37.5 Å². The van der Waals surface area contributed by atoms with E-state index in [1.165, 1.54) is 5.56 Å². The highest BCUT2D eigenvalue weighted by Crippen LogP contribution is 2.05. The molecule has 27 heavy (non-hydrogen) atoms. The zero-order chi connectivity index (χ0) is 19.2. The van der Waals surface area contributed by atoms with Gasteiger partial charge in [0.15, 0.2) is 0 Å². The molecule has 1 heterocycles. The number of carbonyl (C=O) groups excluding carboxylic acids is 1. The van der Waals surface area contributed by atoms with Crippen LogP contribution in [0, 0.1) is 0 Å². The van der Waals surface area contributed by atoms with E-state index in [4.69, 9.17) is 0 Å². The molecule has 1 unspecified atom stereocenters. The standard InChI is InChI=1S/C21H23N3O3/c1-15(11-12-16-7-3-2-4-8-16)22-19(25)13-14-24-20(26)17-9-5-6-10-18(17)23-21(24)27/h2-10,15H,11-14H2,1H3,(H,22,25)(H,23,27). The Morgan fingerprint density at radius 1 is 1.07 bits per heavy atom. The molecule has 6 heteroatoms. The van der Waals surface area contributed by atoms with Crippen molar-refractivity contribution in [2.75, 3.05) is 0 Å². The van der Waals surface area contributed by atoms with Crippen molar-refractivity contribution in [3.63, 3.8) is 0 Å². The normalized spacial score (nSPS) is 12.0. The van der Waals surface area contributed by atoms with Crippen LogP contribution in [0.4, 0.5) is 0 Å². The lowest BCUT2D eigenvalue weighted by Gasteiger charge is -2.14. The van der Waals surface area contributed by atoms with E-state index < -0.39 is 5.69 Å². The molecule has 0 aliphatic rings. The third-order valence-electron chi connectivity index (χ3n) is 4.57. The molecule has 0 bridgehead atoms. The first-order valence-corrected chi connectivity index (χ1v) is 9.10. The molecular weight excluding hydrogens is 342 g/mol. The minimum absolute atomic E-state index is 0.0179. The summed E-state index contributed by atoms with van der Waals surface area (Å²) in [4.78, 5) is 39.4. The number of hydrogen-bond donors (Lipinski definition) is 2. The van der Waals surface area contributed by atoms with Gasteiger partial charge in [-0.15, -0.1) is 0 Å². The van der Waals surface area contributed by atoms with Gasteiger partial charge in [-0.25, -0.2) is 4.79 Å². The van der Waals surface area contributed by atoms with E-state index in [-0.39, 0.29) is 30.5 Å². The van der Waals surface area contributed by atoms with E-state index in [9.17, 15) is 14.4 Å². The molecule has 3 aromatic rings. The summed E-state index contributed by atoms with van der Waals surface area (Å²) in [6.45, 7) is 2.01. The second-order valence-electron chi connectivity index (χ2n) is 6.68. The summed E-state index contributed by atoms with van der Waals surface area (Å²) in [5.41, 5.74) is 0.860. The first-order valence-electron chi connectivity index (χ1n) is 9.10. The Labute approximate surface area is 156 Å². The lowest BCUT2D eigenvalue weighted by Crippen LogP contribution is -2.38. The monoisotopic (exact) mass is 365 g/mol. The van der Waals surface area contributed by atoms with Gasteiger partial charge < -0.3 is 10.3 Å². The second kappa shape index (κ2) is 8.49. The maximum atomic E-state index is 12.5. The average molecular weight is 365 g/mol. The van der Waals surface area contributed by atoms with Crippen LogP contribution in [0.5, 0.6) is 0 Å². The number of rotatable bonds is 7. The molecule has 0 fully saturated rings. The Hall–Kier alpha value is -3.15. The smallest absolute Gasteiger partial charge is 0.328 e.